The molecule has 7 heteroatoms. The van der Waals surface area contributed by atoms with Gasteiger partial charge in [0.25, 0.3) is 0 Å². The van der Waals surface area contributed by atoms with Crippen molar-refractivity contribution in [3.05, 3.63) is 40.1 Å². The summed E-state index contributed by atoms with van der Waals surface area (Å²) in [5, 5.41) is 3.44. The second kappa shape index (κ2) is 6.27. The van der Waals surface area contributed by atoms with Gasteiger partial charge in [0.2, 0.25) is 10.7 Å². The molecule has 96 valence electrons. The Bertz CT molecular complexity index is 676. The van der Waals surface area contributed by atoms with Crippen molar-refractivity contribution >= 4 is 29.8 Å². The number of pyridine rings is 1. The first-order valence-electron chi connectivity index (χ1n) is 5.41. The molecular formula is C12H10ClN5S. The molecule has 0 atom stereocenters. The number of hydrogen-bond donors (Lipinski definition) is 1. The minimum Gasteiger partial charge on any atom is -0.343 e. The Labute approximate surface area is 120 Å². The lowest BCUT2D eigenvalue weighted by Gasteiger charge is -2.07. The summed E-state index contributed by atoms with van der Waals surface area (Å²) in [6, 6.07) is 3.55. The molecule has 5 nitrogen and oxygen atoms in total. The Morgan fingerprint density at radius 2 is 2.32 bits per heavy atom. The Kier molecular flexibility index (Phi) is 4.44. The van der Waals surface area contributed by atoms with Crippen LogP contribution in [0.15, 0.2) is 24.7 Å². The zero-order valence-electron chi connectivity index (χ0n) is 9.88. The van der Waals surface area contributed by atoms with Crippen molar-refractivity contribution in [3.8, 4) is 12.3 Å². The average molecular weight is 292 g/mol. The van der Waals surface area contributed by atoms with Crippen molar-refractivity contribution < 1.29 is 0 Å². The maximum absolute atomic E-state index is 6.04. The highest BCUT2D eigenvalue weighted by molar-refractivity contribution is 7.71. The van der Waals surface area contributed by atoms with E-state index in [1.165, 1.54) is 0 Å². The summed E-state index contributed by atoms with van der Waals surface area (Å²) >= 11 is 11.2. The summed E-state index contributed by atoms with van der Waals surface area (Å²) in [7, 11) is 0. The number of rotatable bonds is 4. The second-order valence-electron chi connectivity index (χ2n) is 3.58. The van der Waals surface area contributed by atoms with Crippen LogP contribution in [0.1, 0.15) is 5.69 Å². The second-order valence-corrected chi connectivity index (χ2v) is 4.35. The third kappa shape index (κ3) is 3.50. The minimum absolute atomic E-state index is 0.352. The van der Waals surface area contributed by atoms with Crippen LogP contribution in [0.3, 0.4) is 0 Å². The molecule has 2 aromatic rings. The molecule has 0 aromatic carbocycles. The Balaban J connectivity index is 2.21. The van der Waals surface area contributed by atoms with E-state index in [1.807, 2.05) is 0 Å². The average Bonchev–Trinajstić information content (AvgIpc) is 2.41. The van der Waals surface area contributed by atoms with Crippen LogP contribution in [-0.2, 0) is 6.54 Å². The van der Waals surface area contributed by atoms with Crippen molar-refractivity contribution in [3.63, 3.8) is 0 Å². The highest BCUT2D eigenvalue weighted by Gasteiger charge is 2.04. The molecule has 2 heterocycles. The van der Waals surface area contributed by atoms with E-state index < -0.39 is 0 Å². The van der Waals surface area contributed by atoms with Gasteiger partial charge in [0.1, 0.15) is 6.33 Å². The number of terminal acetylenes is 1. The fourth-order valence-corrected chi connectivity index (χ4v) is 1.76. The number of hydrogen-bond acceptors (Lipinski definition) is 5. The molecule has 0 aliphatic carbocycles. The number of nitrogens with one attached hydrogen (secondary N) is 1. The van der Waals surface area contributed by atoms with Crippen LogP contribution >= 0.6 is 23.8 Å². The van der Waals surface area contributed by atoms with E-state index >= 15 is 0 Å². The van der Waals surface area contributed by atoms with Gasteiger partial charge in [-0.05, 0) is 24.4 Å². The Morgan fingerprint density at radius 1 is 1.47 bits per heavy atom. The number of nitrogens with zero attached hydrogens (tertiary/aromatic N) is 4. The first kappa shape index (κ1) is 13.5. The molecule has 0 unspecified atom stereocenters. The Hall–Kier alpha value is -1.97. The van der Waals surface area contributed by atoms with Gasteiger partial charge >= 0.3 is 0 Å². The van der Waals surface area contributed by atoms with E-state index in [9.17, 15) is 0 Å². The molecular weight excluding hydrogens is 282 g/mol. The predicted molar refractivity (Wildman–Crippen MR) is 76.5 cm³/mol. The van der Waals surface area contributed by atoms with Crippen molar-refractivity contribution in [2.24, 2.45) is 0 Å². The number of halogens is 1. The zero-order valence-corrected chi connectivity index (χ0v) is 11.4. The van der Waals surface area contributed by atoms with Gasteiger partial charge in [0.15, 0.2) is 0 Å². The molecule has 2 aromatic heterocycles. The fourth-order valence-electron chi connectivity index (χ4n) is 1.38. The summed E-state index contributed by atoms with van der Waals surface area (Å²) < 4.78 is 2.07. The van der Waals surface area contributed by atoms with E-state index in [-0.39, 0.29) is 0 Å². The first-order chi connectivity index (χ1) is 9.20. The number of aromatic nitrogens is 4. The first-order valence-corrected chi connectivity index (χ1v) is 6.19. The molecule has 0 aliphatic heterocycles. The lowest BCUT2D eigenvalue weighted by atomic mass is 10.3. The topological polar surface area (TPSA) is 55.6 Å². The summed E-state index contributed by atoms with van der Waals surface area (Å²) in [5.74, 6) is 2.85. The molecule has 0 bridgehead atoms. The van der Waals surface area contributed by atoms with Gasteiger partial charge in [0, 0.05) is 6.20 Å². The van der Waals surface area contributed by atoms with Gasteiger partial charge in [-0.15, -0.1) is 6.42 Å². The smallest absolute Gasteiger partial charge is 0.227 e. The maximum Gasteiger partial charge on any atom is 0.227 e. The van der Waals surface area contributed by atoms with Crippen LogP contribution in [0.4, 0.5) is 5.95 Å². The summed E-state index contributed by atoms with van der Waals surface area (Å²) in [5.41, 5.74) is 0.716. The molecule has 0 saturated heterocycles. The third-order valence-corrected chi connectivity index (χ3v) is 2.94. The van der Waals surface area contributed by atoms with E-state index in [0.717, 1.165) is 0 Å². The van der Waals surface area contributed by atoms with Gasteiger partial charge in [-0.25, -0.2) is 4.98 Å². The predicted octanol–water partition coefficient (Wildman–Crippen LogP) is 2.15. The molecule has 0 spiro atoms. The van der Waals surface area contributed by atoms with Crippen LogP contribution in [0, 0.1) is 17.1 Å². The summed E-state index contributed by atoms with van der Waals surface area (Å²) in [4.78, 5) is 12.4. The van der Waals surface area contributed by atoms with E-state index in [2.05, 4.69) is 26.2 Å². The van der Waals surface area contributed by atoms with Crippen LogP contribution in [-0.4, -0.2) is 26.1 Å². The normalized spacial score (nSPS) is 9.89. The minimum atomic E-state index is 0.352. The SMILES string of the molecule is C#CCNc1ncn(Cc2ncccc2Cl)c(=S)n1. The van der Waals surface area contributed by atoms with Crippen molar-refractivity contribution in [1.29, 1.82) is 0 Å². The molecule has 0 fully saturated rings. The van der Waals surface area contributed by atoms with Gasteiger partial charge in [-0.2, -0.15) is 4.98 Å². The monoisotopic (exact) mass is 291 g/mol. The molecule has 2 rings (SSSR count). The maximum atomic E-state index is 6.04. The van der Waals surface area contributed by atoms with Gasteiger partial charge in [-0.1, -0.05) is 17.5 Å². The molecule has 0 amide bonds. The van der Waals surface area contributed by atoms with Crippen LogP contribution in [0.2, 0.25) is 5.02 Å². The van der Waals surface area contributed by atoms with E-state index in [4.69, 9.17) is 30.2 Å². The summed E-state index contributed by atoms with van der Waals surface area (Å²) in [6.07, 6.45) is 8.40. The molecule has 0 saturated carbocycles. The van der Waals surface area contributed by atoms with Crippen molar-refractivity contribution in [2.75, 3.05) is 11.9 Å². The van der Waals surface area contributed by atoms with Crippen LogP contribution < -0.4 is 5.32 Å². The van der Waals surface area contributed by atoms with E-state index in [1.54, 1.807) is 29.2 Å². The molecule has 19 heavy (non-hydrogen) atoms. The van der Waals surface area contributed by atoms with Gasteiger partial charge in [-0.3, -0.25) is 4.98 Å². The van der Waals surface area contributed by atoms with Crippen molar-refractivity contribution in [1.82, 2.24) is 19.5 Å². The lowest BCUT2D eigenvalue weighted by Crippen LogP contribution is -2.10. The standard InChI is InChI=1S/C12H10ClN5S/c1-2-5-15-11-16-8-18(12(19)17-11)7-10-9(13)4-3-6-14-10/h1,3-4,6,8H,5,7H2,(H,15,17,19). The zero-order chi connectivity index (χ0) is 13.7. The van der Waals surface area contributed by atoms with Gasteiger partial charge < -0.3 is 9.88 Å². The lowest BCUT2D eigenvalue weighted by molar-refractivity contribution is 0.709. The highest BCUT2D eigenvalue weighted by Crippen LogP contribution is 2.13. The van der Waals surface area contributed by atoms with Gasteiger partial charge in [0.05, 0.1) is 23.8 Å². The molecule has 0 aliphatic rings. The van der Waals surface area contributed by atoms with Crippen molar-refractivity contribution in [2.45, 2.75) is 6.54 Å². The largest absolute Gasteiger partial charge is 0.343 e. The Morgan fingerprint density at radius 3 is 3.00 bits per heavy atom. The fraction of sp³-hybridized carbons (Fsp3) is 0.167. The van der Waals surface area contributed by atoms with Crippen LogP contribution in [0.5, 0.6) is 0 Å². The quantitative estimate of drug-likeness (QED) is 0.691. The number of anilines is 1. The molecule has 0 radical (unpaired) electrons. The highest BCUT2D eigenvalue weighted by atomic mass is 35.5. The summed E-state index contributed by atoms with van der Waals surface area (Å²) in [6.45, 7) is 0.777. The molecule has 1 N–H and O–H groups in total. The third-order valence-electron chi connectivity index (χ3n) is 2.27. The van der Waals surface area contributed by atoms with Crippen LogP contribution in [0.25, 0.3) is 0 Å². The van der Waals surface area contributed by atoms with E-state index in [0.29, 0.717) is 34.5 Å².